The standard InChI is InChI=1S/C17H28N6O7/c1-10(25)15(17(30)21-7-13(27)19-6-12(26)18-2)22-14(28)8-20-16(29)11-4-3-5-23(11)9-24/h9-11,15,25H,3-8H2,1-2H3,(H,18,26)(H,19,27)(H,20,29)(H,21,30)(H,22,28). The number of nitrogens with zero attached hydrogens (tertiary/aromatic N) is 1. The molecule has 13 heteroatoms. The second-order valence-corrected chi connectivity index (χ2v) is 6.67. The highest BCUT2D eigenvalue weighted by molar-refractivity contribution is 5.93. The summed E-state index contributed by atoms with van der Waals surface area (Å²) in [5.41, 5.74) is 0. The Bertz CT molecular complexity index is 669. The van der Waals surface area contributed by atoms with E-state index in [0.717, 1.165) is 0 Å². The second kappa shape index (κ2) is 12.4. The van der Waals surface area contributed by atoms with Gasteiger partial charge >= 0.3 is 0 Å². The maximum atomic E-state index is 12.2. The smallest absolute Gasteiger partial charge is 0.245 e. The van der Waals surface area contributed by atoms with Gasteiger partial charge in [0, 0.05) is 13.6 Å². The van der Waals surface area contributed by atoms with E-state index >= 15 is 0 Å². The van der Waals surface area contributed by atoms with Crippen LogP contribution in [0.25, 0.3) is 0 Å². The van der Waals surface area contributed by atoms with Gasteiger partial charge in [0.15, 0.2) is 0 Å². The van der Waals surface area contributed by atoms with Crippen molar-refractivity contribution in [2.75, 3.05) is 33.2 Å². The van der Waals surface area contributed by atoms with E-state index in [1.807, 2.05) is 0 Å². The summed E-state index contributed by atoms with van der Waals surface area (Å²) in [7, 11) is 1.40. The molecule has 1 saturated heterocycles. The summed E-state index contributed by atoms with van der Waals surface area (Å²) in [6, 6.07) is -2.00. The Hall–Kier alpha value is -3.22. The summed E-state index contributed by atoms with van der Waals surface area (Å²) >= 11 is 0. The second-order valence-electron chi connectivity index (χ2n) is 6.67. The molecule has 0 radical (unpaired) electrons. The van der Waals surface area contributed by atoms with Crippen LogP contribution in [-0.2, 0) is 28.8 Å². The third-order valence-electron chi connectivity index (χ3n) is 4.38. The first-order valence-corrected chi connectivity index (χ1v) is 9.40. The number of aliphatic hydroxyl groups is 1. The largest absolute Gasteiger partial charge is 0.391 e. The number of carbonyl (C=O) groups is 6. The molecule has 6 amide bonds. The lowest BCUT2D eigenvalue weighted by Gasteiger charge is -2.22. The Kier molecular flexibility index (Phi) is 10.2. The molecule has 1 rings (SSSR count). The van der Waals surface area contributed by atoms with Crippen LogP contribution in [-0.4, -0.2) is 97.4 Å². The minimum absolute atomic E-state index is 0.260. The fourth-order valence-electron chi connectivity index (χ4n) is 2.72. The number of nitrogens with one attached hydrogen (secondary N) is 5. The van der Waals surface area contributed by atoms with E-state index in [1.54, 1.807) is 0 Å². The Morgan fingerprint density at radius 3 is 2.27 bits per heavy atom. The molecule has 6 N–H and O–H groups in total. The van der Waals surface area contributed by atoms with Crippen LogP contribution < -0.4 is 26.6 Å². The monoisotopic (exact) mass is 428 g/mol. The molecule has 0 saturated carbocycles. The molecule has 3 atom stereocenters. The first-order chi connectivity index (χ1) is 14.2. The van der Waals surface area contributed by atoms with Crippen LogP contribution in [0.1, 0.15) is 19.8 Å². The van der Waals surface area contributed by atoms with Crippen molar-refractivity contribution in [3.63, 3.8) is 0 Å². The van der Waals surface area contributed by atoms with Gasteiger partial charge in [-0.2, -0.15) is 0 Å². The first kappa shape index (κ1) is 24.8. The van der Waals surface area contributed by atoms with Crippen LogP contribution in [0.15, 0.2) is 0 Å². The van der Waals surface area contributed by atoms with E-state index < -0.39 is 60.8 Å². The van der Waals surface area contributed by atoms with Crippen LogP contribution in [0.4, 0.5) is 0 Å². The number of amides is 6. The molecule has 13 nitrogen and oxygen atoms in total. The maximum Gasteiger partial charge on any atom is 0.245 e. The van der Waals surface area contributed by atoms with Gasteiger partial charge in [0.1, 0.15) is 12.1 Å². The predicted octanol–water partition coefficient (Wildman–Crippen LogP) is -4.43. The van der Waals surface area contributed by atoms with E-state index in [9.17, 15) is 33.9 Å². The molecule has 168 valence electrons. The molecule has 1 heterocycles. The molecule has 1 fully saturated rings. The van der Waals surface area contributed by atoms with E-state index in [4.69, 9.17) is 0 Å². The molecule has 30 heavy (non-hydrogen) atoms. The number of rotatable bonds is 11. The number of hydrogen-bond acceptors (Lipinski definition) is 7. The maximum absolute atomic E-state index is 12.2. The van der Waals surface area contributed by atoms with Crippen LogP contribution >= 0.6 is 0 Å². The molecule has 3 unspecified atom stereocenters. The quantitative estimate of drug-likeness (QED) is 0.179. The normalized spacial score (nSPS) is 17.3. The summed E-state index contributed by atoms with van der Waals surface area (Å²) < 4.78 is 0. The van der Waals surface area contributed by atoms with Crippen LogP contribution in [0.3, 0.4) is 0 Å². The predicted molar refractivity (Wildman–Crippen MR) is 102 cm³/mol. The molecule has 1 aliphatic rings. The van der Waals surface area contributed by atoms with Crippen molar-refractivity contribution in [3.8, 4) is 0 Å². The van der Waals surface area contributed by atoms with Crippen molar-refractivity contribution in [1.29, 1.82) is 0 Å². The number of carbonyl (C=O) groups excluding carboxylic acids is 6. The van der Waals surface area contributed by atoms with Gasteiger partial charge in [-0.05, 0) is 19.8 Å². The van der Waals surface area contributed by atoms with Gasteiger partial charge in [0.25, 0.3) is 0 Å². The molecular weight excluding hydrogens is 400 g/mol. The summed E-state index contributed by atoms with van der Waals surface area (Å²) in [6.45, 7) is 0.563. The summed E-state index contributed by atoms with van der Waals surface area (Å²) in [5, 5.41) is 21.3. The molecule has 0 bridgehead atoms. The van der Waals surface area contributed by atoms with E-state index in [-0.39, 0.29) is 6.54 Å². The topological polar surface area (TPSA) is 186 Å². The minimum Gasteiger partial charge on any atom is -0.391 e. The molecule has 0 aromatic carbocycles. The van der Waals surface area contributed by atoms with Crippen molar-refractivity contribution in [1.82, 2.24) is 31.5 Å². The van der Waals surface area contributed by atoms with Gasteiger partial charge in [0.05, 0.1) is 25.7 Å². The van der Waals surface area contributed by atoms with Crippen LogP contribution in [0, 0.1) is 0 Å². The van der Waals surface area contributed by atoms with Crippen molar-refractivity contribution >= 4 is 35.9 Å². The lowest BCUT2D eigenvalue weighted by molar-refractivity contribution is -0.134. The zero-order valence-corrected chi connectivity index (χ0v) is 16.9. The van der Waals surface area contributed by atoms with Crippen molar-refractivity contribution in [2.24, 2.45) is 0 Å². The molecule has 0 aromatic heterocycles. The highest BCUT2D eigenvalue weighted by Gasteiger charge is 2.30. The summed E-state index contributed by atoms with van der Waals surface area (Å²) in [6.07, 6.45) is 0.478. The third-order valence-corrected chi connectivity index (χ3v) is 4.38. The fourth-order valence-corrected chi connectivity index (χ4v) is 2.72. The van der Waals surface area contributed by atoms with Gasteiger partial charge in [-0.3, -0.25) is 28.8 Å². The van der Waals surface area contributed by atoms with Crippen molar-refractivity contribution < 1.29 is 33.9 Å². The number of hydrogen-bond donors (Lipinski definition) is 6. The number of likely N-dealkylation sites (tertiary alicyclic amines) is 1. The van der Waals surface area contributed by atoms with E-state index in [1.165, 1.54) is 18.9 Å². The Labute approximate surface area is 173 Å². The lowest BCUT2D eigenvalue weighted by Crippen LogP contribution is -2.56. The van der Waals surface area contributed by atoms with Gasteiger partial charge in [-0.25, -0.2) is 0 Å². The zero-order valence-electron chi connectivity index (χ0n) is 16.9. The number of aliphatic hydroxyl groups excluding tert-OH is 1. The summed E-state index contributed by atoms with van der Waals surface area (Å²) in [4.78, 5) is 71.2. The molecule has 1 aliphatic heterocycles. The van der Waals surface area contributed by atoms with Gasteiger partial charge < -0.3 is 36.6 Å². The highest BCUT2D eigenvalue weighted by atomic mass is 16.3. The lowest BCUT2D eigenvalue weighted by atomic mass is 10.1. The Balaban J connectivity index is 2.46. The van der Waals surface area contributed by atoms with Crippen LogP contribution in [0.2, 0.25) is 0 Å². The number of likely N-dealkylation sites (N-methyl/N-ethyl adjacent to an activating group) is 1. The Morgan fingerprint density at radius 1 is 1.03 bits per heavy atom. The SMILES string of the molecule is CNC(=O)CNC(=O)CNC(=O)C(NC(=O)CNC(=O)C1CCCN1C=O)C(C)O. The zero-order chi connectivity index (χ0) is 22.7. The third kappa shape index (κ3) is 8.03. The van der Waals surface area contributed by atoms with Crippen molar-refractivity contribution in [2.45, 2.75) is 38.0 Å². The molecule has 0 spiro atoms. The van der Waals surface area contributed by atoms with Gasteiger partial charge in [-0.15, -0.1) is 0 Å². The van der Waals surface area contributed by atoms with E-state index in [0.29, 0.717) is 25.8 Å². The first-order valence-electron chi connectivity index (χ1n) is 9.40. The van der Waals surface area contributed by atoms with Crippen molar-refractivity contribution in [3.05, 3.63) is 0 Å². The molecule has 0 aromatic rings. The average Bonchev–Trinajstić information content (AvgIpc) is 3.20. The van der Waals surface area contributed by atoms with E-state index in [2.05, 4.69) is 26.6 Å². The molecular formula is C17H28N6O7. The molecule has 0 aliphatic carbocycles. The summed E-state index contributed by atoms with van der Waals surface area (Å²) in [5.74, 6) is -3.08. The average molecular weight is 428 g/mol. The van der Waals surface area contributed by atoms with Gasteiger partial charge in [-0.1, -0.05) is 0 Å². The fraction of sp³-hybridized carbons (Fsp3) is 0.647. The van der Waals surface area contributed by atoms with Crippen LogP contribution in [0.5, 0.6) is 0 Å². The Morgan fingerprint density at radius 2 is 1.67 bits per heavy atom. The highest BCUT2D eigenvalue weighted by Crippen LogP contribution is 2.14. The van der Waals surface area contributed by atoms with Gasteiger partial charge in [0.2, 0.25) is 35.9 Å². The minimum atomic E-state index is -1.36.